The summed E-state index contributed by atoms with van der Waals surface area (Å²) < 4.78 is 5.48. The van der Waals surface area contributed by atoms with Crippen molar-refractivity contribution in [1.82, 2.24) is 0 Å². The topological polar surface area (TPSA) is 52.4 Å². The lowest BCUT2D eigenvalue weighted by Crippen LogP contribution is -1.90. The van der Waals surface area contributed by atoms with Gasteiger partial charge in [-0.3, -0.25) is 10.1 Å². The molecule has 0 N–H and O–H groups in total. The van der Waals surface area contributed by atoms with Crippen molar-refractivity contribution in [3.05, 3.63) is 32.8 Å². The summed E-state index contributed by atoms with van der Waals surface area (Å²) in [6, 6.07) is 5.40. The predicted molar refractivity (Wildman–Crippen MR) is 46.2 cm³/mol. The fourth-order valence-corrected chi connectivity index (χ4v) is 1.09. The molecular formula is C7H5BrNO3. The van der Waals surface area contributed by atoms with Gasteiger partial charge in [-0.15, -0.1) is 0 Å². The molecule has 0 fully saturated rings. The Bertz CT molecular complexity index is 314. The first-order valence-electron chi connectivity index (χ1n) is 3.05. The van der Waals surface area contributed by atoms with E-state index >= 15 is 0 Å². The summed E-state index contributed by atoms with van der Waals surface area (Å²) in [5.74, 6) is 0.337. The predicted octanol–water partition coefficient (Wildman–Crippen LogP) is 2.17. The van der Waals surface area contributed by atoms with Crippen LogP contribution < -0.4 is 4.74 Å². The lowest BCUT2D eigenvalue weighted by atomic mass is 10.3. The van der Waals surface area contributed by atoms with Crippen LogP contribution in [0.2, 0.25) is 0 Å². The van der Waals surface area contributed by atoms with Crippen molar-refractivity contribution in [3.8, 4) is 5.75 Å². The van der Waals surface area contributed by atoms with Gasteiger partial charge in [0.1, 0.15) is 11.8 Å². The first-order chi connectivity index (χ1) is 5.65. The first-order valence-corrected chi connectivity index (χ1v) is 3.84. The van der Waals surface area contributed by atoms with Crippen LogP contribution in [0, 0.1) is 16.2 Å². The maximum Gasteiger partial charge on any atom is 0.281 e. The van der Waals surface area contributed by atoms with Gasteiger partial charge in [0.15, 0.2) is 0 Å². The summed E-state index contributed by atoms with van der Waals surface area (Å²) in [7, 11) is 1.43. The molecule has 1 radical (unpaired) electrons. The average Bonchev–Trinajstić information content (AvgIpc) is 2.05. The van der Waals surface area contributed by atoms with Gasteiger partial charge in [-0.25, -0.2) is 0 Å². The van der Waals surface area contributed by atoms with E-state index in [1.54, 1.807) is 6.07 Å². The molecule has 0 unspecified atom stereocenters. The largest absolute Gasteiger partial charge is 0.495 e. The summed E-state index contributed by atoms with van der Waals surface area (Å²) in [5.41, 5.74) is -0.102. The molecule has 0 heterocycles. The molecule has 0 spiro atoms. The maximum absolute atomic E-state index is 10.3. The van der Waals surface area contributed by atoms with Crippen molar-refractivity contribution >= 4 is 21.6 Å². The third kappa shape index (κ3) is 1.73. The van der Waals surface area contributed by atoms with Crippen molar-refractivity contribution in [2.75, 3.05) is 7.11 Å². The van der Waals surface area contributed by atoms with Gasteiger partial charge in [0.05, 0.1) is 16.5 Å². The molecule has 12 heavy (non-hydrogen) atoms. The molecule has 5 heteroatoms. The summed E-state index contributed by atoms with van der Waals surface area (Å²) >= 11 is 3.16. The number of nitrogens with zero attached hydrogens (tertiary/aromatic N) is 1. The lowest BCUT2D eigenvalue weighted by molar-refractivity contribution is -0.385. The second-order valence-electron chi connectivity index (χ2n) is 1.98. The number of hydrogen-bond donors (Lipinski definition) is 0. The van der Waals surface area contributed by atoms with E-state index in [9.17, 15) is 10.1 Å². The molecule has 1 aromatic rings. The number of hydrogen-bond acceptors (Lipinski definition) is 3. The Morgan fingerprint density at radius 2 is 2.33 bits per heavy atom. The zero-order chi connectivity index (χ0) is 9.14. The van der Waals surface area contributed by atoms with Gasteiger partial charge in [-0.1, -0.05) is 0 Å². The van der Waals surface area contributed by atoms with Crippen LogP contribution in [0.25, 0.3) is 0 Å². The highest BCUT2D eigenvalue weighted by Crippen LogP contribution is 2.27. The average molecular weight is 231 g/mol. The minimum atomic E-state index is -0.519. The van der Waals surface area contributed by atoms with Crippen LogP contribution in [-0.4, -0.2) is 12.0 Å². The molecule has 0 saturated heterocycles. The van der Waals surface area contributed by atoms with E-state index in [4.69, 9.17) is 4.74 Å². The summed E-state index contributed by atoms with van der Waals surface area (Å²) in [6.07, 6.45) is 0. The van der Waals surface area contributed by atoms with Crippen molar-refractivity contribution < 1.29 is 9.66 Å². The highest BCUT2D eigenvalue weighted by Gasteiger charge is 2.09. The molecule has 0 aliphatic carbocycles. The highest BCUT2D eigenvalue weighted by molar-refractivity contribution is 9.10. The van der Waals surface area contributed by atoms with Crippen molar-refractivity contribution in [1.29, 1.82) is 0 Å². The number of nitro benzene ring substituents is 1. The van der Waals surface area contributed by atoms with E-state index in [0.29, 0.717) is 10.2 Å². The Balaban J connectivity index is 3.13. The number of non-ortho nitro benzene ring substituents is 1. The van der Waals surface area contributed by atoms with Crippen LogP contribution in [0.4, 0.5) is 5.69 Å². The number of rotatable bonds is 2. The van der Waals surface area contributed by atoms with E-state index in [-0.39, 0.29) is 5.69 Å². The molecule has 1 aromatic carbocycles. The number of methoxy groups -OCH3 is 1. The smallest absolute Gasteiger partial charge is 0.281 e. The molecule has 0 aliphatic heterocycles. The molecule has 4 nitrogen and oxygen atoms in total. The third-order valence-electron chi connectivity index (χ3n) is 1.25. The Hall–Kier alpha value is -1.10. The number of halogens is 1. The minimum absolute atomic E-state index is 0.102. The van der Waals surface area contributed by atoms with Gasteiger partial charge < -0.3 is 4.74 Å². The SMILES string of the molecule is COc1[c]c([N+](=O)[O-])ccc1Br. The van der Waals surface area contributed by atoms with Gasteiger partial charge in [0.25, 0.3) is 5.69 Å². The molecule has 0 bridgehead atoms. The van der Waals surface area contributed by atoms with E-state index in [1.165, 1.54) is 13.2 Å². The Morgan fingerprint density at radius 3 is 2.83 bits per heavy atom. The Morgan fingerprint density at radius 1 is 1.67 bits per heavy atom. The van der Waals surface area contributed by atoms with E-state index < -0.39 is 4.92 Å². The number of ether oxygens (including phenoxy) is 1. The monoisotopic (exact) mass is 230 g/mol. The standard InChI is InChI=1S/C7H5BrNO3/c1-12-7-4-5(9(10)11)2-3-6(7)8/h2-3H,1H3. The van der Waals surface area contributed by atoms with Crippen molar-refractivity contribution in [2.24, 2.45) is 0 Å². The van der Waals surface area contributed by atoms with Crippen molar-refractivity contribution in [3.63, 3.8) is 0 Å². The van der Waals surface area contributed by atoms with Gasteiger partial charge in [0.2, 0.25) is 0 Å². The fourth-order valence-electron chi connectivity index (χ4n) is 0.701. The van der Waals surface area contributed by atoms with Gasteiger partial charge >= 0.3 is 0 Å². The molecule has 0 amide bonds. The molecule has 63 valence electrons. The normalized spacial score (nSPS) is 9.50. The fraction of sp³-hybridized carbons (Fsp3) is 0.143. The van der Waals surface area contributed by atoms with Crippen molar-refractivity contribution in [2.45, 2.75) is 0 Å². The van der Waals surface area contributed by atoms with Gasteiger partial charge in [0, 0.05) is 6.07 Å². The molecule has 0 saturated carbocycles. The van der Waals surface area contributed by atoms with Gasteiger partial charge in [-0.05, 0) is 22.0 Å². The first kappa shape index (κ1) is 8.99. The van der Waals surface area contributed by atoms with E-state index in [2.05, 4.69) is 22.0 Å². The van der Waals surface area contributed by atoms with Crippen LogP contribution >= 0.6 is 15.9 Å². The van der Waals surface area contributed by atoms with Crippen LogP contribution in [0.3, 0.4) is 0 Å². The van der Waals surface area contributed by atoms with Crippen LogP contribution in [0.15, 0.2) is 16.6 Å². The van der Waals surface area contributed by atoms with E-state index in [1.807, 2.05) is 0 Å². The number of benzene rings is 1. The molecule has 1 rings (SSSR count). The highest BCUT2D eigenvalue weighted by atomic mass is 79.9. The zero-order valence-corrected chi connectivity index (χ0v) is 7.79. The Labute approximate surface area is 77.4 Å². The third-order valence-corrected chi connectivity index (χ3v) is 1.87. The molecular weight excluding hydrogens is 226 g/mol. The van der Waals surface area contributed by atoms with E-state index in [0.717, 1.165) is 0 Å². The summed E-state index contributed by atoms with van der Waals surface area (Å²) in [6.45, 7) is 0. The minimum Gasteiger partial charge on any atom is -0.495 e. The quantitative estimate of drug-likeness (QED) is 0.578. The Kier molecular flexibility index (Phi) is 2.65. The summed E-state index contributed by atoms with van der Waals surface area (Å²) in [4.78, 5) is 9.76. The summed E-state index contributed by atoms with van der Waals surface area (Å²) in [5, 5.41) is 10.3. The molecule has 0 atom stereocenters. The second kappa shape index (κ2) is 3.53. The van der Waals surface area contributed by atoms with Crippen LogP contribution in [0.5, 0.6) is 5.75 Å². The number of nitro groups is 1. The van der Waals surface area contributed by atoms with Gasteiger partial charge in [-0.2, -0.15) is 0 Å². The maximum atomic E-state index is 10.3. The lowest BCUT2D eigenvalue weighted by Gasteiger charge is -2.00. The van der Waals surface area contributed by atoms with Crippen LogP contribution in [-0.2, 0) is 0 Å². The second-order valence-corrected chi connectivity index (χ2v) is 2.84. The molecule has 0 aromatic heterocycles. The van der Waals surface area contributed by atoms with Crippen LogP contribution in [0.1, 0.15) is 0 Å². The zero-order valence-electron chi connectivity index (χ0n) is 6.20. The molecule has 0 aliphatic rings.